The molecule has 2 aromatic carbocycles. The highest BCUT2D eigenvalue weighted by molar-refractivity contribution is 5.95. The van der Waals surface area contributed by atoms with E-state index in [0.29, 0.717) is 19.7 Å². The summed E-state index contributed by atoms with van der Waals surface area (Å²) in [5.74, 6) is 0.990. The third kappa shape index (κ3) is 4.72. The maximum absolute atomic E-state index is 12.6. The fourth-order valence-corrected chi connectivity index (χ4v) is 3.87. The van der Waals surface area contributed by atoms with Crippen LogP contribution >= 0.6 is 0 Å². The lowest BCUT2D eigenvalue weighted by molar-refractivity contribution is -0.117. The molecule has 1 unspecified atom stereocenters. The van der Waals surface area contributed by atoms with Crippen LogP contribution in [-0.2, 0) is 22.5 Å². The molecule has 5 nitrogen and oxygen atoms in total. The average Bonchev–Trinajstić information content (AvgIpc) is 3.26. The lowest BCUT2D eigenvalue weighted by Crippen LogP contribution is -2.41. The molecule has 1 fully saturated rings. The van der Waals surface area contributed by atoms with Crippen molar-refractivity contribution >= 4 is 11.6 Å². The molecule has 148 valence electrons. The zero-order valence-corrected chi connectivity index (χ0v) is 16.2. The van der Waals surface area contributed by atoms with Gasteiger partial charge in [-0.15, -0.1) is 0 Å². The summed E-state index contributed by atoms with van der Waals surface area (Å²) in [6.45, 7) is 3.26. The number of hydrogen-bond donors (Lipinski definition) is 1. The number of hydrogen-bond acceptors (Lipinski definition) is 4. The van der Waals surface area contributed by atoms with Crippen molar-refractivity contribution in [3.63, 3.8) is 0 Å². The van der Waals surface area contributed by atoms with Crippen molar-refractivity contribution in [1.82, 2.24) is 5.32 Å². The number of nitrogens with zero attached hydrogens (tertiary/aromatic N) is 1. The summed E-state index contributed by atoms with van der Waals surface area (Å²) in [5, 5.41) is 3.27. The van der Waals surface area contributed by atoms with Crippen LogP contribution in [0.15, 0.2) is 48.5 Å². The molecule has 0 bridgehead atoms. The van der Waals surface area contributed by atoms with Crippen LogP contribution < -0.4 is 15.0 Å². The average molecular weight is 380 g/mol. The van der Waals surface area contributed by atoms with Crippen molar-refractivity contribution in [2.24, 2.45) is 0 Å². The van der Waals surface area contributed by atoms with Crippen molar-refractivity contribution in [2.75, 3.05) is 31.2 Å². The van der Waals surface area contributed by atoms with E-state index < -0.39 is 0 Å². The Morgan fingerprint density at radius 1 is 1.14 bits per heavy atom. The van der Waals surface area contributed by atoms with Crippen LogP contribution in [0, 0.1) is 0 Å². The molecule has 2 heterocycles. The van der Waals surface area contributed by atoms with E-state index in [0.717, 1.165) is 55.8 Å². The Labute approximate surface area is 166 Å². The first-order valence-corrected chi connectivity index (χ1v) is 10.2. The van der Waals surface area contributed by atoms with Gasteiger partial charge in [-0.25, -0.2) is 0 Å². The lowest BCUT2D eigenvalue weighted by atomic mass is 10.0. The van der Waals surface area contributed by atoms with Gasteiger partial charge in [0.1, 0.15) is 12.4 Å². The summed E-state index contributed by atoms with van der Waals surface area (Å²) < 4.78 is 11.4. The Hall–Kier alpha value is -2.37. The van der Waals surface area contributed by atoms with Crippen molar-refractivity contribution in [3.05, 3.63) is 59.7 Å². The molecular formula is C23H28N2O3. The second-order valence-corrected chi connectivity index (χ2v) is 7.47. The van der Waals surface area contributed by atoms with Crippen LogP contribution in [-0.4, -0.2) is 38.3 Å². The standard InChI is InChI=1S/C23H28N2O3/c26-23(25-13-3-6-19-5-1-2-8-22(19)25)16-24-15-18-9-11-20(12-10-18)28-17-21-7-4-14-27-21/h1-2,5,8-12,21,24H,3-4,6-7,13-17H2. The topological polar surface area (TPSA) is 50.8 Å². The van der Waals surface area contributed by atoms with Gasteiger partial charge in [0.05, 0.1) is 12.6 Å². The van der Waals surface area contributed by atoms with Gasteiger partial charge in [-0.1, -0.05) is 30.3 Å². The van der Waals surface area contributed by atoms with Gasteiger partial charge in [0.2, 0.25) is 5.91 Å². The van der Waals surface area contributed by atoms with Crippen LogP contribution in [0.25, 0.3) is 0 Å². The summed E-state index contributed by atoms with van der Waals surface area (Å²) in [6, 6.07) is 16.2. The third-order valence-corrected chi connectivity index (χ3v) is 5.40. The maximum Gasteiger partial charge on any atom is 0.240 e. The van der Waals surface area contributed by atoms with E-state index in [1.54, 1.807) is 0 Å². The summed E-state index contributed by atoms with van der Waals surface area (Å²) in [4.78, 5) is 14.6. The first-order chi connectivity index (χ1) is 13.8. The second kappa shape index (κ2) is 9.22. The van der Waals surface area contributed by atoms with Crippen LogP contribution in [0.1, 0.15) is 30.4 Å². The highest BCUT2D eigenvalue weighted by Crippen LogP contribution is 2.26. The zero-order chi connectivity index (χ0) is 19.2. The number of fused-ring (bicyclic) bond motifs is 1. The lowest BCUT2D eigenvalue weighted by Gasteiger charge is -2.29. The largest absolute Gasteiger partial charge is 0.491 e. The predicted molar refractivity (Wildman–Crippen MR) is 110 cm³/mol. The molecule has 5 heteroatoms. The maximum atomic E-state index is 12.6. The molecule has 1 saturated heterocycles. The molecule has 0 aromatic heterocycles. The van der Waals surface area contributed by atoms with Crippen molar-refractivity contribution < 1.29 is 14.3 Å². The summed E-state index contributed by atoms with van der Waals surface area (Å²) in [5.41, 5.74) is 3.46. The number of para-hydroxylation sites is 1. The molecule has 2 aromatic rings. The van der Waals surface area contributed by atoms with Gasteiger partial charge < -0.3 is 19.7 Å². The van der Waals surface area contributed by atoms with E-state index in [1.165, 1.54) is 5.56 Å². The number of anilines is 1. The Bertz CT molecular complexity index is 785. The third-order valence-electron chi connectivity index (χ3n) is 5.40. The number of aryl methyl sites for hydroxylation is 1. The van der Waals surface area contributed by atoms with Gasteiger partial charge in [-0.2, -0.15) is 0 Å². The van der Waals surface area contributed by atoms with E-state index in [1.807, 2.05) is 47.4 Å². The predicted octanol–water partition coefficient (Wildman–Crippen LogP) is 3.31. The highest BCUT2D eigenvalue weighted by atomic mass is 16.5. The number of benzene rings is 2. The van der Waals surface area contributed by atoms with E-state index >= 15 is 0 Å². The van der Waals surface area contributed by atoms with Crippen molar-refractivity contribution in [3.8, 4) is 5.75 Å². The summed E-state index contributed by atoms with van der Waals surface area (Å²) in [7, 11) is 0. The second-order valence-electron chi connectivity index (χ2n) is 7.47. The van der Waals surface area contributed by atoms with Crippen LogP contribution in [0.2, 0.25) is 0 Å². The number of nitrogens with one attached hydrogen (secondary N) is 1. The summed E-state index contributed by atoms with van der Waals surface area (Å²) in [6.07, 6.45) is 4.51. The Kier molecular flexibility index (Phi) is 6.24. The molecule has 28 heavy (non-hydrogen) atoms. The van der Waals surface area contributed by atoms with Crippen molar-refractivity contribution in [1.29, 1.82) is 0 Å². The monoisotopic (exact) mass is 380 g/mol. The molecule has 1 amide bonds. The van der Waals surface area contributed by atoms with E-state index in [9.17, 15) is 4.79 Å². The molecule has 4 rings (SSSR count). The Balaban J connectivity index is 1.23. The minimum Gasteiger partial charge on any atom is -0.491 e. The number of carbonyl (C=O) groups is 1. The van der Waals surface area contributed by atoms with Crippen molar-refractivity contribution in [2.45, 2.75) is 38.3 Å². The van der Waals surface area contributed by atoms with Crippen LogP contribution in [0.3, 0.4) is 0 Å². The molecule has 2 aliphatic rings. The van der Waals surface area contributed by atoms with E-state index in [-0.39, 0.29) is 12.0 Å². The quantitative estimate of drug-likeness (QED) is 0.801. The van der Waals surface area contributed by atoms with E-state index in [4.69, 9.17) is 9.47 Å². The molecule has 0 radical (unpaired) electrons. The van der Waals surface area contributed by atoms with Gasteiger partial charge in [-0.3, -0.25) is 4.79 Å². The summed E-state index contributed by atoms with van der Waals surface area (Å²) >= 11 is 0. The van der Waals surface area contributed by atoms with Gasteiger partial charge >= 0.3 is 0 Å². The number of ether oxygens (including phenoxy) is 2. The zero-order valence-electron chi connectivity index (χ0n) is 16.2. The molecule has 1 N–H and O–H groups in total. The fourth-order valence-electron chi connectivity index (χ4n) is 3.87. The van der Waals surface area contributed by atoms with Gasteiger partial charge in [0, 0.05) is 25.4 Å². The fraction of sp³-hybridized carbons (Fsp3) is 0.435. The van der Waals surface area contributed by atoms with Gasteiger partial charge in [0.25, 0.3) is 0 Å². The smallest absolute Gasteiger partial charge is 0.240 e. The molecule has 2 aliphatic heterocycles. The van der Waals surface area contributed by atoms with Gasteiger partial charge in [-0.05, 0) is 55.0 Å². The molecule has 0 aliphatic carbocycles. The number of amides is 1. The number of rotatable bonds is 7. The van der Waals surface area contributed by atoms with E-state index in [2.05, 4.69) is 11.4 Å². The van der Waals surface area contributed by atoms with Crippen LogP contribution in [0.4, 0.5) is 5.69 Å². The number of carbonyl (C=O) groups excluding carboxylic acids is 1. The SMILES string of the molecule is O=C(CNCc1ccc(OCC2CCCO2)cc1)N1CCCc2ccccc21. The molecule has 0 spiro atoms. The minimum atomic E-state index is 0.128. The Morgan fingerprint density at radius 2 is 2.00 bits per heavy atom. The minimum absolute atomic E-state index is 0.128. The molecular weight excluding hydrogens is 352 g/mol. The highest BCUT2D eigenvalue weighted by Gasteiger charge is 2.21. The normalized spacial score (nSPS) is 18.7. The van der Waals surface area contributed by atoms with Crippen LogP contribution in [0.5, 0.6) is 5.75 Å². The first-order valence-electron chi connectivity index (χ1n) is 10.2. The molecule has 0 saturated carbocycles. The Morgan fingerprint density at radius 3 is 2.82 bits per heavy atom. The first kappa shape index (κ1) is 19.0. The molecule has 1 atom stereocenters. The van der Waals surface area contributed by atoms with Gasteiger partial charge in [0.15, 0.2) is 0 Å².